The fraction of sp³-hybridized carbons (Fsp3) is 0.444. The summed E-state index contributed by atoms with van der Waals surface area (Å²) in [7, 11) is 0. The van der Waals surface area contributed by atoms with Gasteiger partial charge in [-0.2, -0.15) is 13.2 Å². The van der Waals surface area contributed by atoms with E-state index in [4.69, 9.17) is 4.42 Å². The van der Waals surface area contributed by atoms with E-state index in [2.05, 4.69) is 9.88 Å². The largest absolute Gasteiger partial charge is 0.417 e. The highest BCUT2D eigenvalue weighted by Gasteiger charge is 2.31. The third-order valence-corrected chi connectivity index (χ3v) is 7.51. The molecule has 5 rings (SSSR count). The van der Waals surface area contributed by atoms with Gasteiger partial charge in [0.25, 0.3) is 5.91 Å². The third-order valence-electron chi connectivity index (χ3n) is 7.51. The van der Waals surface area contributed by atoms with Crippen molar-refractivity contribution < 1.29 is 27.2 Å². The summed E-state index contributed by atoms with van der Waals surface area (Å²) in [6, 6.07) is 10.2. The van der Waals surface area contributed by atoms with Crippen LogP contribution in [-0.2, 0) is 17.4 Å². The van der Waals surface area contributed by atoms with Crippen LogP contribution in [0.25, 0.3) is 11.1 Å². The van der Waals surface area contributed by atoms with Crippen molar-refractivity contribution in [3.63, 3.8) is 0 Å². The number of aromatic nitrogens is 1. The molecule has 8 nitrogen and oxygen atoms in total. The summed E-state index contributed by atoms with van der Waals surface area (Å²) in [6.45, 7) is 4.01. The molecule has 3 aromatic rings. The first-order valence-electron chi connectivity index (χ1n) is 12.8. The Morgan fingerprint density at radius 3 is 2.26 bits per heavy atom. The number of carbonyl (C=O) groups excluding carboxylic acids is 2. The van der Waals surface area contributed by atoms with Crippen LogP contribution in [0, 0.1) is 0 Å². The fourth-order valence-electron chi connectivity index (χ4n) is 5.31. The Bertz CT molecular complexity index is 1350. The Labute approximate surface area is 217 Å². The van der Waals surface area contributed by atoms with Crippen molar-refractivity contribution >= 4 is 22.9 Å². The van der Waals surface area contributed by atoms with Crippen LogP contribution in [-0.4, -0.2) is 76.8 Å². The van der Waals surface area contributed by atoms with E-state index in [0.717, 1.165) is 38.1 Å². The topological polar surface area (TPSA) is 89.9 Å². The van der Waals surface area contributed by atoms with E-state index >= 15 is 0 Å². The number of aromatic amines is 1. The summed E-state index contributed by atoms with van der Waals surface area (Å²) < 4.78 is 43.2. The van der Waals surface area contributed by atoms with Crippen molar-refractivity contribution in [2.75, 3.05) is 39.3 Å². The van der Waals surface area contributed by atoms with Crippen LogP contribution in [0.4, 0.5) is 13.2 Å². The molecule has 0 aliphatic carbocycles. The molecule has 0 atom stereocenters. The highest BCUT2D eigenvalue weighted by atomic mass is 19.4. The molecule has 0 radical (unpaired) electrons. The average molecular weight is 531 g/mol. The SMILES string of the molecule is O=C(CCc1ccc(C(F)(F)F)cc1)N1CCC(N2CCN(C(=O)c3ccc4oc(=O)[nH]c4c3)CC2)CC1. The number of nitrogens with one attached hydrogen (secondary N) is 1. The molecule has 0 unspecified atom stereocenters. The van der Waals surface area contributed by atoms with Crippen molar-refractivity contribution in [3.8, 4) is 0 Å². The molecule has 202 valence electrons. The smallest absolute Gasteiger partial charge is 0.408 e. The maximum atomic E-state index is 13.0. The van der Waals surface area contributed by atoms with Crippen LogP contribution in [0.3, 0.4) is 0 Å². The predicted molar refractivity (Wildman–Crippen MR) is 134 cm³/mol. The average Bonchev–Trinajstić information content (AvgIpc) is 3.30. The van der Waals surface area contributed by atoms with Gasteiger partial charge in [0.15, 0.2) is 5.58 Å². The van der Waals surface area contributed by atoms with Crippen LogP contribution in [0.2, 0.25) is 0 Å². The molecule has 2 aromatic carbocycles. The maximum Gasteiger partial charge on any atom is 0.417 e. The number of oxazole rings is 1. The summed E-state index contributed by atoms with van der Waals surface area (Å²) in [4.78, 5) is 45.6. The first-order chi connectivity index (χ1) is 18.2. The summed E-state index contributed by atoms with van der Waals surface area (Å²) >= 11 is 0. The standard InChI is InChI=1S/C27H29F3N4O4/c28-27(29,30)20-5-1-18(2-6-20)3-8-24(35)33-11-9-21(10-12-33)32-13-15-34(16-14-32)25(36)19-4-7-23-22(17-19)31-26(37)38-23/h1-2,4-7,17,21H,3,8-16H2,(H,31,37). The summed E-state index contributed by atoms with van der Waals surface area (Å²) in [5.41, 5.74) is 1.45. The van der Waals surface area contributed by atoms with Crippen molar-refractivity contribution in [2.45, 2.75) is 37.9 Å². The highest BCUT2D eigenvalue weighted by Crippen LogP contribution is 2.29. The van der Waals surface area contributed by atoms with Crippen LogP contribution in [0.5, 0.6) is 0 Å². The lowest BCUT2D eigenvalue weighted by Crippen LogP contribution is -2.54. The number of rotatable bonds is 5. The van der Waals surface area contributed by atoms with Gasteiger partial charge >= 0.3 is 11.9 Å². The van der Waals surface area contributed by atoms with Crippen molar-refractivity contribution in [1.82, 2.24) is 19.7 Å². The number of nitrogens with zero attached hydrogens (tertiary/aromatic N) is 3. The van der Waals surface area contributed by atoms with Gasteiger partial charge in [0.2, 0.25) is 5.91 Å². The minimum Gasteiger partial charge on any atom is -0.408 e. The van der Waals surface area contributed by atoms with Crippen LogP contribution in [0.15, 0.2) is 51.7 Å². The number of benzene rings is 2. The molecule has 3 heterocycles. The first-order valence-corrected chi connectivity index (χ1v) is 12.8. The van der Waals surface area contributed by atoms with Gasteiger partial charge in [-0.15, -0.1) is 0 Å². The molecule has 2 saturated heterocycles. The molecule has 0 spiro atoms. The van der Waals surface area contributed by atoms with Crippen LogP contribution >= 0.6 is 0 Å². The molecule has 2 fully saturated rings. The van der Waals surface area contributed by atoms with Crippen LogP contribution in [0.1, 0.15) is 40.7 Å². The molecule has 1 aromatic heterocycles. The van der Waals surface area contributed by atoms with Gasteiger partial charge < -0.3 is 14.2 Å². The summed E-state index contributed by atoms with van der Waals surface area (Å²) in [5, 5.41) is 0. The van der Waals surface area contributed by atoms with Crippen molar-refractivity contribution in [1.29, 1.82) is 0 Å². The first kappa shape index (κ1) is 26.0. The molecule has 2 aliphatic rings. The van der Waals surface area contributed by atoms with E-state index in [9.17, 15) is 27.6 Å². The lowest BCUT2D eigenvalue weighted by Gasteiger charge is -2.42. The second-order valence-electron chi connectivity index (χ2n) is 9.86. The Balaban J connectivity index is 1.06. The zero-order valence-electron chi connectivity index (χ0n) is 20.8. The number of H-pyrrole nitrogens is 1. The van der Waals surface area contributed by atoms with E-state index in [-0.39, 0.29) is 18.2 Å². The van der Waals surface area contributed by atoms with E-state index < -0.39 is 17.5 Å². The molecule has 2 aliphatic heterocycles. The van der Waals surface area contributed by atoms with E-state index in [1.807, 2.05) is 9.80 Å². The zero-order chi connectivity index (χ0) is 26.9. The fourth-order valence-corrected chi connectivity index (χ4v) is 5.31. The Hall–Kier alpha value is -3.60. The number of piperidine rings is 1. The van der Waals surface area contributed by atoms with E-state index in [1.54, 1.807) is 18.2 Å². The number of likely N-dealkylation sites (tertiary alicyclic amines) is 1. The van der Waals surface area contributed by atoms with Crippen LogP contribution < -0.4 is 5.76 Å². The molecular formula is C27H29F3N4O4. The minimum absolute atomic E-state index is 0.0229. The number of alkyl halides is 3. The number of halogens is 3. The van der Waals surface area contributed by atoms with Gasteiger partial charge in [0.05, 0.1) is 11.1 Å². The Kier molecular flexibility index (Phi) is 7.29. The zero-order valence-corrected chi connectivity index (χ0v) is 20.8. The lowest BCUT2D eigenvalue weighted by molar-refractivity contribution is -0.137. The van der Waals surface area contributed by atoms with Gasteiger partial charge in [0, 0.05) is 57.3 Å². The quantitative estimate of drug-likeness (QED) is 0.545. The Morgan fingerprint density at radius 1 is 0.921 bits per heavy atom. The molecule has 0 saturated carbocycles. The number of carbonyl (C=O) groups is 2. The number of hydrogen-bond acceptors (Lipinski definition) is 5. The molecular weight excluding hydrogens is 501 g/mol. The number of piperazine rings is 1. The second-order valence-corrected chi connectivity index (χ2v) is 9.86. The highest BCUT2D eigenvalue weighted by molar-refractivity contribution is 5.97. The molecule has 11 heteroatoms. The Morgan fingerprint density at radius 2 is 1.61 bits per heavy atom. The predicted octanol–water partition coefficient (Wildman–Crippen LogP) is 3.52. The maximum absolute atomic E-state index is 13.0. The lowest BCUT2D eigenvalue weighted by atomic mass is 10.0. The number of hydrogen-bond donors (Lipinski definition) is 1. The third kappa shape index (κ3) is 5.77. The molecule has 38 heavy (non-hydrogen) atoms. The van der Waals surface area contributed by atoms with Crippen molar-refractivity contribution in [3.05, 3.63) is 69.7 Å². The summed E-state index contributed by atoms with van der Waals surface area (Å²) in [5.74, 6) is -0.609. The molecule has 0 bridgehead atoms. The van der Waals surface area contributed by atoms with E-state index in [1.165, 1.54) is 12.1 Å². The van der Waals surface area contributed by atoms with Gasteiger partial charge in [-0.05, 0) is 55.2 Å². The minimum atomic E-state index is -4.36. The normalized spacial score (nSPS) is 17.8. The molecule has 1 N–H and O–H groups in total. The van der Waals surface area contributed by atoms with Gasteiger partial charge in [-0.3, -0.25) is 19.5 Å². The second kappa shape index (κ2) is 10.6. The monoisotopic (exact) mass is 530 g/mol. The van der Waals surface area contributed by atoms with E-state index in [0.29, 0.717) is 60.9 Å². The van der Waals surface area contributed by atoms with Gasteiger partial charge in [-0.25, -0.2) is 4.79 Å². The summed E-state index contributed by atoms with van der Waals surface area (Å²) in [6.07, 6.45) is -1.97. The number of fused-ring (bicyclic) bond motifs is 1. The number of aryl methyl sites for hydroxylation is 1. The van der Waals surface area contributed by atoms with Gasteiger partial charge in [0.1, 0.15) is 0 Å². The number of amides is 2. The van der Waals surface area contributed by atoms with Crippen molar-refractivity contribution in [2.24, 2.45) is 0 Å². The van der Waals surface area contributed by atoms with Gasteiger partial charge in [-0.1, -0.05) is 12.1 Å². The molecule has 2 amide bonds.